The number of carbonyl (C=O) groups is 2. The molecule has 2 aliphatic rings. The molecule has 0 radical (unpaired) electrons. The molecule has 1 saturated heterocycles. The molecule has 36 heavy (non-hydrogen) atoms. The van der Waals surface area contributed by atoms with Gasteiger partial charge in [-0.15, -0.1) is 0 Å². The van der Waals surface area contributed by atoms with Gasteiger partial charge in [-0.1, -0.05) is 23.7 Å². The van der Waals surface area contributed by atoms with Gasteiger partial charge in [-0.25, -0.2) is 4.39 Å². The lowest BCUT2D eigenvalue weighted by molar-refractivity contribution is -0.138. The molecule has 7 nitrogen and oxygen atoms in total. The molecule has 0 spiro atoms. The van der Waals surface area contributed by atoms with Gasteiger partial charge in [-0.2, -0.15) is 0 Å². The van der Waals surface area contributed by atoms with Gasteiger partial charge >= 0.3 is 5.97 Å². The number of carbonyl (C=O) groups excluding carboxylic acids is 1. The Bertz CT molecular complexity index is 1090. The number of carboxylic acid groups (broad SMARTS) is 1. The fourth-order valence-corrected chi connectivity index (χ4v) is 4.76. The predicted molar refractivity (Wildman–Crippen MR) is 134 cm³/mol. The SMILES string of the molecule is COc1cc(CN(CC2CC2)C(CC(=O)O)c2ccc(Cl)c(F)c2)ccc1OCCN1CCCC1=O. The van der Waals surface area contributed by atoms with Crippen LogP contribution in [0.1, 0.15) is 49.3 Å². The van der Waals surface area contributed by atoms with Crippen LogP contribution in [0, 0.1) is 11.7 Å². The van der Waals surface area contributed by atoms with Crippen molar-refractivity contribution < 1.29 is 28.6 Å². The van der Waals surface area contributed by atoms with Crippen LogP contribution in [0.4, 0.5) is 4.39 Å². The summed E-state index contributed by atoms with van der Waals surface area (Å²) in [5.74, 6) is 0.301. The van der Waals surface area contributed by atoms with E-state index < -0.39 is 17.8 Å². The molecule has 1 N–H and O–H groups in total. The number of hydrogen-bond acceptors (Lipinski definition) is 5. The maximum Gasteiger partial charge on any atom is 0.305 e. The van der Waals surface area contributed by atoms with E-state index in [1.165, 1.54) is 12.1 Å². The number of ether oxygens (including phenoxy) is 2. The molecular weight excluding hydrogens is 487 g/mol. The van der Waals surface area contributed by atoms with Crippen LogP contribution in [0.25, 0.3) is 0 Å². The number of aliphatic carboxylic acids is 1. The molecule has 194 valence electrons. The van der Waals surface area contributed by atoms with Crippen LogP contribution in [-0.4, -0.2) is 60.1 Å². The second kappa shape index (κ2) is 11.9. The highest BCUT2D eigenvalue weighted by Crippen LogP contribution is 2.37. The highest BCUT2D eigenvalue weighted by Gasteiger charge is 2.31. The molecule has 1 atom stereocenters. The number of rotatable bonds is 13. The molecule has 0 bridgehead atoms. The number of amides is 1. The standard InChI is InChI=1S/C27H32ClFN2O5/c1-35-25-13-19(6-9-24(25)36-12-11-30-10-2-3-26(30)32)17-31(16-18-4-5-18)23(15-27(33)34)20-7-8-21(28)22(29)14-20/h6-9,13-14,18,23H,2-5,10-12,15-17H2,1H3,(H,33,34). The van der Waals surface area contributed by atoms with E-state index in [2.05, 4.69) is 4.90 Å². The number of carboxylic acids is 1. The minimum Gasteiger partial charge on any atom is -0.493 e. The van der Waals surface area contributed by atoms with Crippen LogP contribution in [0.3, 0.4) is 0 Å². The molecule has 1 heterocycles. The Morgan fingerprint density at radius 2 is 2.06 bits per heavy atom. The first-order valence-corrected chi connectivity index (χ1v) is 12.7. The minimum atomic E-state index is -0.950. The van der Waals surface area contributed by atoms with Crippen molar-refractivity contribution >= 4 is 23.5 Å². The van der Waals surface area contributed by atoms with Gasteiger partial charge < -0.3 is 19.5 Å². The summed E-state index contributed by atoms with van der Waals surface area (Å²) in [6.45, 7) is 2.86. The number of benzene rings is 2. The number of halogens is 2. The summed E-state index contributed by atoms with van der Waals surface area (Å²) >= 11 is 5.87. The molecular formula is C27H32ClFN2O5. The van der Waals surface area contributed by atoms with E-state index in [1.54, 1.807) is 18.1 Å². The lowest BCUT2D eigenvalue weighted by atomic mass is 10.00. The topological polar surface area (TPSA) is 79.3 Å². The second-order valence-corrected chi connectivity index (χ2v) is 9.89. The van der Waals surface area contributed by atoms with E-state index in [9.17, 15) is 19.1 Å². The summed E-state index contributed by atoms with van der Waals surface area (Å²) in [5, 5.41) is 9.63. The van der Waals surface area contributed by atoms with E-state index in [0.29, 0.717) is 55.6 Å². The largest absolute Gasteiger partial charge is 0.493 e. The highest BCUT2D eigenvalue weighted by atomic mass is 35.5. The Morgan fingerprint density at radius 1 is 1.25 bits per heavy atom. The Morgan fingerprint density at radius 3 is 2.69 bits per heavy atom. The van der Waals surface area contributed by atoms with Crippen LogP contribution in [0.2, 0.25) is 5.02 Å². The maximum atomic E-state index is 14.3. The van der Waals surface area contributed by atoms with Crippen molar-refractivity contribution in [3.63, 3.8) is 0 Å². The van der Waals surface area contributed by atoms with E-state index in [4.69, 9.17) is 21.1 Å². The van der Waals surface area contributed by atoms with Crippen molar-refractivity contribution in [2.45, 2.75) is 44.7 Å². The first kappa shape index (κ1) is 26.2. The van der Waals surface area contributed by atoms with Crippen LogP contribution in [0.15, 0.2) is 36.4 Å². The highest BCUT2D eigenvalue weighted by molar-refractivity contribution is 6.30. The molecule has 0 aromatic heterocycles. The van der Waals surface area contributed by atoms with E-state index in [-0.39, 0.29) is 17.4 Å². The van der Waals surface area contributed by atoms with Gasteiger partial charge in [0.1, 0.15) is 12.4 Å². The third kappa shape index (κ3) is 6.89. The minimum absolute atomic E-state index is 0.0102. The van der Waals surface area contributed by atoms with E-state index in [0.717, 1.165) is 31.4 Å². The van der Waals surface area contributed by atoms with Crippen molar-refractivity contribution in [2.24, 2.45) is 5.92 Å². The molecule has 1 amide bonds. The van der Waals surface area contributed by atoms with Gasteiger partial charge in [0.2, 0.25) is 5.91 Å². The van der Waals surface area contributed by atoms with Gasteiger partial charge in [-0.05, 0) is 60.6 Å². The van der Waals surface area contributed by atoms with Crippen molar-refractivity contribution in [3.8, 4) is 11.5 Å². The maximum absolute atomic E-state index is 14.3. The van der Waals surface area contributed by atoms with Gasteiger partial charge in [0.05, 0.1) is 25.1 Å². The fraction of sp³-hybridized carbons (Fsp3) is 0.481. The van der Waals surface area contributed by atoms with Gasteiger partial charge in [0.25, 0.3) is 0 Å². The van der Waals surface area contributed by atoms with Crippen LogP contribution >= 0.6 is 11.6 Å². The van der Waals surface area contributed by atoms with Crippen molar-refractivity contribution in [2.75, 3.05) is 33.4 Å². The van der Waals surface area contributed by atoms with Crippen molar-refractivity contribution in [1.82, 2.24) is 9.80 Å². The zero-order chi connectivity index (χ0) is 25.7. The monoisotopic (exact) mass is 518 g/mol. The molecule has 2 aromatic rings. The summed E-state index contributed by atoms with van der Waals surface area (Å²) in [7, 11) is 1.57. The van der Waals surface area contributed by atoms with E-state index >= 15 is 0 Å². The average Bonchev–Trinajstić information content (AvgIpc) is 3.58. The molecule has 2 aromatic carbocycles. The Hall–Kier alpha value is -2.84. The summed E-state index contributed by atoms with van der Waals surface area (Å²) in [6.07, 6.45) is 3.53. The summed E-state index contributed by atoms with van der Waals surface area (Å²) < 4.78 is 25.7. The van der Waals surface area contributed by atoms with Crippen molar-refractivity contribution in [3.05, 3.63) is 58.4 Å². The fourth-order valence-electron chi connectivity index (χ4n) is 4.65. The van der Waals surface area contributed by atoms with Crippen LogP contribution in [-0.2, 0) is 16.1 Å². The molecule has 1 aliphatic carbocycles. The predicted octanol–water partition coefficient (Wildman–Crippen LogP) is 4.92. The summed E-state index contributed by atoms with van der Waals surface area (Å²) in [4.78, 5) is 27.5. The van der Waals surface area contributed by atoms with Crippen molar-refractivity contribution in [1.29, 1.82) is 0 Å². The Labute approximate surface area is 215 Å². The van der Waals surface area contributed by atoms with Crippen LogP contribution < -0.4 is 9.47 Å². The molecule has 1 aliphatic heterocycles. The lowest BCUT2D eigenvalue weighted by Gasteiger charge is -2.32. The average molecular weight is 519 g/mol. The number of nitrogens with zero attached hydrogens (tertiary/aromatic N) is 2. The van der Waals surface area contributed by atoms with Gasteiger partial charge in [0.15, 0.2) is 11.5 Å². The zero-order valence-corrected chi connectivity index (χ0v) is 21.2. The normalized spacial score (nSPS) is 16.4. The number of methoxy groups -OCH3 is 1. The van der Waals surface area contributed by atoms with Crippen LogP contribution in [0.5, 0.6) is 11.5 Å². The Balaban J connectivity index is 1.50. The van der Waals surface area contributed by atoms with Gasteiger partial charge in [0, 0.05) is 32.1 Å². The van der Waals surface area contributed by atoms with E-state index in [1.807, 2.05) is 18.2 Å². The molecule has 2 fully saturated rings. The third-order valence-electron chi connectivity index (χ3n) is 6.73. The second-order valence-electron chi connectivity index (χ2n) is 9.48. The zero-order valence-electron chi connectivity index (χ0n) is 20.4. The summed E-state index contributed by atoms with van der Waals surface area (Å²) in [6, 6.07) is 9.65. The lowest BCUT2D eigenvalue weighted by Crippen LogP contribution is -2.32. The first-order valence-electron chi connectivity index (χ1n) is 12.3. The van der Waals surface area contributed by atoms with Gasteiger partial charge in [-0.3, -0.25) is 14.5 Å². The Kier molecular flexibility index (Phi) is 8.69. The molecule has 1 saturated carbocycles. The molecule has 9 heteroatoms. The quantitative estimate of drug-likeness (QED) is 0.405. The number of hydrogen-bond donors (Lipinski definition) is 1. The summed E-state index contributed by atoms with van der Waals surface area (Å²) in [5.41, 5.74) is 1.52. The molecule has 1 unspecified atom stereocenters. The first-order chi connectivity index (χ1) is 17.3. The third-order valence-corrected chi connectivity index (χ3v) is 7.04. The number of likely N-dealkylation sites (tertiary alicyclic amines) is 1. The molecule has 4 rings (SSSR count). The smallest absolute Gasteiger partial charge is 0.305 e.